The van der Waals surface area contributed by atoms with Gasteiger partial charge in [-0.15, -0.1) is 0 Å². The number of rotatable bonds is 4. The van der Waals surface area contributed by atoms with E-state index in [-0.39, 0.29) is 17.6 Å². The molecule has 0 unspecified atom stereocenters. The van der Waals surface area contributed by atoms with Crippen molar-refractivity contribution in [3.05, 3.63) is 34.3 Å². The second-order valence-electron chi connectivity index (χ2n) is 4.21. The number of carbonyl (C=O) groups excluding carboxylic acids is 1. The maximum absolute atomic E-state index is 11.8. The smallest absolute Gasteiger partial charge is 0.154 e. The predicted molar refractivity (Wildman–Crippen MR) is 69.7 cm³/mol. The standard InChI is InChI=1S/C12H13BrO3S/c1-2-17(15,16)12-10(7-14)11(12)8-3-5-9(13)6-4-8/h3-7,10-12H,2H2,1H3/t10-,11+,12+/m1/s1. The number of carbonyl (C=O) groups is 1. The van der Waals surface area contributed by atoms with Crippen molar-refractivity contribution in [2.45, 2.75) is 18.1 Å². The summed E-state index contributed by atoms with van der Waals surface area (Å²) in [5, 5.41) is -0.522. The molecule has 0 N–H and O–H groups in total. The molecule has 17 heavy (non-hydrogen) atoms. The zero-order valence-corrected chi connectivity index (χ0v) is 11.7. The van der Waals surface area contributed by atoms with Crippen molar-refractivity contribution in [1.29, 1.82) is 0 Å². The Hall–Kier alpha value is -0.680. The number of benzene rings is 1. The van der Waals surface area contributed by atoms with Gasteiger partial charge in [0, 0.05) is 22.1 Å². The van der Waals surface area contributed by atoms with Crippen molar-refractivity contribution < 1.29 is 13.2 Å². The topological polar surface area (TPSA) is 51.2 Å². The summed E-state index contributed by atoms with van der Waals surface area (Å²) in [5.41, 5.74) is 0.923. The normalized spacial score (nSPS) is 27.8. The van der Waals surface area contributed by atoms with Gasteiger partial charge < -0.3 is 4.79 Å². The molecule has 0 radical (unpaired) electrons. The second kappa shape index (κ2) is 4.53. The number of hydrogen-bond donors (Lipinski definition) is 0. The average Bonchev–Trinajstić information content (AvgIpc) is 3.05. The van der Waals surface area contributed by atoms with E-state index < -0.39 is 15.1 Å². The SMILES string of the molecule is CCS(=O)(=O)[C@H]1[C@H](C=O)[C@@H]1c1ccc(Br)cc1. The molecule has 0 aromatic heterocycles. The predicted octanol–water partition coefficient (Wildman–Crippen LogP) is 2.16. The Bertz CT molecular complexity index is 521. The molecule has 3 atom stereocenters. The van der Waals surface area contributed by atoms with Gasteiger partial charge in [0.15, 0.2) is 9.84 Å². The number of aldehydes is 1. The summed E-state index contributed by atoms with van der Waals surface area (Å²) < 4.78 is 24.6. The Morgan fingerprint density at radius 3 is 2.35 bits per heavy atom. The number of sulfone groups is 1. The first-order valence-electron chi connectivity index (χ1n) is 5.43. The first kappa shape index (κ1) is 12.8. The molecule has 0 saturated heterocycles. The Morgan fingerprint density at radius 2 is 1.88 bits per heavy atom. The molecule has 0 heterocycles. The summed E-state index contributed by atoms with van der Waals surface area (Å²) >= 11 is 3.33. The van der Waals surface area contributed by atoms with Gasteiger partial charge in [0.05, 0.1) is 5.25 Å². The molecule has 0 amide bonds. The van der Waals surface area contributed by atoms with Crippen LogP contribution in [0.5, 0.6) is 0 Å². The van der Waals surface area contributed by atoms with Crippen molar-refractivity contribution in [3.63, 3.8) is 0 Å². The van der Waals surface area contributed by atoms with E-state index >= 15 is 0 Å². The molecule has 0 bridgehead atoms. The molecule has 1 aromatic rings. The van der Waals surface area contributed by atoms with Gasteiger partial charge in [0.2, 0.25) is 0 Å². The summed E-state index contributed by atoms with van der Waals surface area (Å²) in [4.78, 5) is 10.9. The van der Waals surface area contributed by atoms with Crippen LogP contribution in [0.3, 0.4) is 0 Å². The van der Waals surface area contributed by atoms with Gasteiger partial charge in [-0.3, -0.25) is 0 Å². The molecule has 5 heteroatoms. The van der Waals surface area contributed by atoms with Crippen LogP contribution >= 0.6 is 15.9 Å². The summed E-state index contributed by atoms with van der Waals surface area (Å²) in [6.45, 7) is 1.62. The molecule has 3 nitrogen and oxygen atoms in total. The number of halogens is 1. The van der Waals surface area contributed by atoms with Gasteiger partial charge in [-0.1, -0.05) is 35.0 Å². The van der Waals surface area contributed by atoms with Gasteiger partial charge in [0.1, 0.15) is 6.29 Å². The third kappa shape index (κ3) is 2.31. The van der Waals surface area contributed by atoms with Gasteiger partial charge >= 0.3 is 0 Å². The highest BCUT2D eigenvalue weighted by atomic mass is 79.9. The quantitative estimate of drug-likeness (QED) is 0.800. The third-order valence-corrected chi connectivity index (χ3v) is 6.01. The zero-order chi connectivity index (χ0) is 12.6. The molecule has 0 spiro atoms. The first-order chi connectivity index (χ1) is 8.01. The molecular weight excluding hydrogens is 304 g/mol. The fraction of sp³-hybridized carbons (Fsp3) is 0.417. The first-order valence-corrected chi connectivity index (χ1v) is 7.94. The maximum Gasteiger partial charge on any atom is 0.154 e. The molecule has 0 aliphatic heterocycles. The molecule has 2 rings (SSSR count). The van der Waals surface area contributed by atoms with E-state index in [1.54, 1.807) is 6.92 Å². The molecule has 1 fully saturated rings. The van der Waals surface area contributed by atoms with E-state index in [1.807, 2.05) is 24.3 Å². The van der Waals surface area contributed by atoms with Gasteiger partial charge in [-0.2, -0.15) is 0 Å². The van der Waals surface area contributed by atoms with Gasteiger partial charge in [0.25, 0.3) is 0 Å². The van der Waals surface area contributed by atoms with E-state index in [9.17, 15) is 13.2 Å². The van der Waals surface area contributed by atoms with Crippen LogP contribution in [-0.4, -0.2) is 25.7 Å². The van der Waals surface area contributed by atoms with Crippen LogP contribution in [-0.2, 0) is 14.6 Å². The number of hydrogen-bond acceptors (Lipinski definition) is 3. The fourth-order valence-corrected chi connectivity index (χ4v) is 4.28. The van der Waals surface area contributed by atoms with Crippen molar-refractivity contribution in [1.82, 2.24) is 0 Å². The van der Waals surface area contributed by atoms with E-state index in [4.69, 9.17) is 0 Å². The van der Waals surface area contributed by atoms with Crippen LogP contribution in [0.15, 0.2) is 28.7 Å². The highest BCUT2D eigenvalue weighted by Gasteiger charge is 2.57. The van der Waals surface area contributed by atoms with E-state index in [1.165, 1.54) is 0 Å². The van der Waals surface area contributed by atoms with E-state index in [2.05, 4.69) is 15.9 Å². The lowest BCUT2D eigenvalue weighted by Crippen LogP contribution is -2.12. The Balaban J connectivity index is 2.29. The summed E-state index contributed by atoms with van der Waals surface area (Å²) in [6, 6.07) is 7.48. The van der Waals surface area contributed by atoms with Crippen LogP contribution in [0.4, 0.5) is 0 Å². The maximum atomic E-state index is 11.8. The summed E-state index contributed by atoms with van der Waals surface area (Å²) in [7, 11) is -3.14. The molecule has 1 saturated carbocycles. The van der Waals surface area contributed by atoms with Gasteiger partial charge in [-0.25, -0.2) is 8.42 Å². The summed E-state index contributed by atoms with van der Waals surface area (Å²) in [6.07, 6.45) is 0.768. The Kier molecular flexibility index (Phi) is 3.41. The largest absolute Gasteiger partial charge is 0.303 e. The van der Waals surface area contributed by atoms with E-state index in [0.29, 0.717) is 0 Å². The average molecular weight is 317 g/mol. The molecule has 92 valence electrons. The van der Waals surface area contributed by atoms with Gasteiger partial charge in [-0.05, 0) is 17.7 Å². The minimum Gasteiger partial charge on any atom is -0.303 e. The minimum atomic E-state index is -3.14. The lowest BCUT2D eigenvalue weighted by molar-refractivity contribution is -0.108. The van der Waals surface area contributed by atoms with Crippen LogP contribution < -0.4 is 0 Å². The monoisotopic (exact) mass is 316 g/mol. The second-order valence-corrected chi connectivity index (χ2v) is 7.57. The van der Waals surface area contributed by atoms with Crippen molar-refractivity contribution in [3.8, 4) is 0 Å². The van der Waals surface area contributed by atoms with Crippen LogP contribution in [0.25, 0.3) is 0 Å². The lowest BCUT2D eigenvalue weighted by Gasteiger charge is -2.00. The molecule has 1 aromatic carbocycles. The Labute approximate surface area is 109 Å². The van der Waals surface area contributed by atoms with Crippen molar-refractivity contribution in [2.75, 3.05) is 5.75 Å². The highest BCUT2D eigenvalue weighted by molar-refractivity contribution is 9.10. The third-order valence-electron chi connectivity index (χ3n) is 3.24. The molecule has 1 aliphatic rings. The molecule has 1 aliphatic carbocycles. The molecular formula is C12H13BrO3S. The van der Waals surface area contributed by atoms with Crippen LogP contribution in [0.2, 0.25) is 0 Å². The lowest BCUT2D eigenvalue weighted by atomic mass is 10.1. The fourth-order valence-electron chi connectivity index (χ4n) is 2.22. The Morgan fingerprint density at radius 1 is 1.29 bits per heavy atom. The van der Waals surface area contributed by atoms with Crippen LogP contribution in [0, 0.1) is 5.92 Å². The minimum absolute atomic E-state index is 0.0923. The zero-order valence-electron chi connectivity index (χ0n) is 9.34. The van der Waals surface area contributed by atoms with Crippen molar-refractivity contribution >= 4 is 32.1 Å². The van der Waals surface area contributed by atoms with Crippen molar-refractivity contribution in [2.24, 2.45) is 5.92 Å². The van der Waals surface area contributed by atoms with E-state index in [0.717, 1.165) is 16.3 Å². The summed E-state index contributed by atoms with van der Waals surface area (Å²) in [5.74, 6) is -0.443. The highest BCUT2D eigenvalue weighted by Crippen LogP contribution is 2.51. The van der Waals surface area contributed by atoms with Crippen LogP contribution in [0.1, 0.15) is 18.4 Å².